The van der Waals surface area contributed by atoms with E-state index in [1.54, 1.807) is 0 Å². The third-order valence-corrected chi connectivity index (χ3v) is 1.90. The molecule has 0 spiro atoms. The Morgan fingerprint density at radius 2 is 2.27 bits per heavy atom. The molecule has 0 aliphatic rings. The monoisotopic (exact) mass is 211 g/mol. The Bertz CT molecular complexity index is 411. The zero-order valence-electron chi connectivity index (χ0n) is 8.65. The van der Waals surface area contributed by atoms with Crippen molar-refractivity contribution >= 4 is 5.97 Å². The van der Waals surface area contributed by atoms with Crippen LogP contribution in [0.4, 0.5) is 0 Å². The molecule has 0 fully saturated rings. The van der Waals surface area contributed by atoms with Crippen LogP contribution in [0.25, 0.3) is 0 Å². The summed E-state index contributed by atoms with van der Waals surface area (Å²) in [6.07, 6.45) is 0.601. The molecule has 15 heavy (non-hydrogen) atoms. The third-order valence-electron chi connectivity index (χ3n) is 1.90. The number of carbonyl (C=O) groups is 1. The molecule has 1 aromatic heterocycles. The fraction of sp³-hybridized carbons (Fsp3) is 0.444. The summed E-state index contributed by atoms with van der Waals surface area (Å²) >= 11 is 0. The van der Waals surface area contributed by atoms with Crippen molar-refractivity contribution in [2.75, 3.05) is 20.6 Å². The van der Waals surface area contributed by atoms with E-state index in [9.17, 15) is 9.59 Å². The minimum absolute atomic E-state index is 0.265. The van der Waals surface area contributed by atoms with Crippen LogP contribution in [0.2, 0.25) is 0 Å². The summed E-state index contributed by atoms with van der Waals surface area (Å²) in [5, 5.41) is 14.6. The van der Waals surface area contributed by atoms with Crippen molar-refractivity contribution < 1.29 is 9.90 Å². The van der Waals surface area contributed by atoms with Gasteiger partial charge in [0.2, 0.25) is 0 Å². The summed E-state index contributed by atoms with van der Waals surface area (Å²) in [5.74, 6) is -1.23. The van der Waals surface area contributed by atoms with Gasteiger partial charge in [0.15, 0.2) is 0 Å². The molecule has 0 saturated carbocycles. The van der Waals surface area contributed by atoms with Gasteiger partial charge in [-0.3, -0.25) is 4.79 Å². The van der Waals surface area contributed by atoms with Crippen LogP contribution in [0.3, 0.4) is 0 Å². The molecule has 1 rings (SSSR count). The maximum atomic E-state index is 11.0. The highest BCUT2D eigenvalue weighted by molar-refractivity contribution is 5.87. The zero-order valence-corrected chi connectivity index (χ0v) is 8.65. The molecule has 2 N–H and O–H groups in total. The van der Waals surface area contributed by atoms with Gasteiger partial charge in [-0.05, 0) is 20.2 Å². The average Bonchev–Trinajstić information content (AvgIpc) is 2.16. The summed E-state index contributed by atoms with van der Waals surface area (Å²) in [6, 6.07) is 1.31. The Balaban J connectivity index is 2.88. The van der Waals surface area contributed by atoms with Crippen LogP contribution in [-0.4, -0.2) is 46.8 Å². The number of aromatic nitrogens is 2. The van der Waals surface area contributed by atoms with Gasteiger partial charge in [-0.15, -0.1) is 0 Å². The first-order valence-corrected chi connectivity index (χ1v) is 4.47. The predicted octanol–water partition coefficient (Wildman–Crippen LogP) is -0.428. The largest absolute Gasteiger partial charge is 0.477 e. The highest BCUT2D eigenvalue weighted by Gasteiger charge is 2.10. The normalized spacial score (nSPS) is 10.6. The lowest BCUT2D eigenvalue weighted by Gasteiger charge is -2.08. The number of nitrogens with zero attached hydrogens (tertiary/aromatic N) is 2. The number of likely N-dealkylation sites (N-methyl/N-ethyl adjacent to an activating group) is 1. The van der Waals surface area contributed by atoms with Gasteiger partial charge in [-0.1, -0.05) is 0 Å². The maximum absolute atomic E-state index is 11.0. The fourth-order valence-corrected chi connectivity index (χ4v) is 1.07. The summed E-state index contributed by atoms with van der Waals surface area (Å²) in [5.41, 5.74) is -0.365. The highest BCUT2D eigenvalue weighted by Crippen LogP contribution is 1.97. The minimum Gasteiger partial charge on any atom is -0.477 e. The number of aromatic amines is 1. The second kappa shape index (κ2) is 4.70. The molecule has 6 heteroatoms. The van der Waals surface area contributed by atoms with E-state index in [1.807, 2.05) is 19.0 Å². The number of hydrogen-bond acceptors (Lipinski definition) is 4. The van der Waals surface area contributed by atoms with Crippen LogP contribution in [0, 0.1) is 0 Å². The van der Waals surface area contributed by atoms with Gasteiger partial charge < -0.3 is 10.0 Å². The number of H-pyrrole nitrogens is 1. The molecule has 0 aliphatic carbocycles. The van der Waals surface area contributed by atoms with Gasteiger partial charge in [0.05, 0.1) is 5.69 Å². The van der Waals surface area contributed by atoms with Gasteiger partial charge >= 0.3 is 5.97 Å². The van der Waals surface area contributed by atoms with E-state index in [4.69, 9.17) is 5.11 Å². The number of hydrogen-bond donors (Lipinski definition) is 2. The molecular formula is C9H13N3O3. The molecule has 6 nitrogen and oxygen atoms in total. The lowest BCUT2D eigenvalue weighted by Crippen LogP contribution is -2.21. The molecule has 0 aromatic carbocycles. The quantitative estimate of drug-likeness (QED) is 0.706. The molecule has 0 radical (unpaired) electrons. The highest BCUT2D eigenvalue weighted by atomic mass is 16.4. The molecule has 0 unspecified atom stereocenters. The first kappa shape index (κ1) is 11.4. The van der Waals surface area contributed by atoms with Crippen molar-refractivity contribution in [1.82, 2.24) is 15.1 Å². The van der Waals surface area contributed by atoms with Crippen LogP contribution in [-0.2, 0) is 6.42 Å². The van der Waals surface area contributed by atoms with Crippen LogP contribution in [0.1, 0.15) is 16.1 Å². The van der Waals surface area contributed by atoms with Crippen molar-refractivity contribution in [2.45, 2.75) is 6.42 Å². The Morgan fingerprint density at radius 3 is 2.80 bits per heavy atom. The van der Waals surface area contributed by atoms with Gasteiger partial charge in [-0.25, -0.2) is 9.89 Å². The first-order chi connectivity index (χ1) is 7.00. The standard InChI is InChI=1S/C9H13N3O3/c1-12(2)4-3-6-5-7(9(14)15)8(13)11-10-6/h5H,3-4H2,1-2H3,(H,11,13)(H,14,15). The molecule has 0 bridgehead atoms. The van der Waals surface area contributed by atoms with Gasteiger partial charge in [0, 0.05) is 13.0 Å². The molecule has 0 saturated heterocycles. The summed E-state index contributed by atoms with van der Waals surface area (Å²) < 4.78 is 0. The van der Waals surface area contributed by atoms with Crippen molar-refractivity contribution in [2.24, 2.45) is 0 Å². The molecule has 82 valence electrons. The van der Waals surface area contributed by atoms with E-state index in [-0.39, 0.29) is 5.56 Å². The van der Waals surface area contributed by atoms with Crippen molar-refractivity contribution in [1.29, 1.82) is 0 Å². The van der Waals surface area contributed by atoms with E-state index >= 15 is 0 Å². The zero-order chi connectivity index (χ0) is 11.4. The average molecular weight is 211 g/mol. The van der Waals surface area contributed by atoms with Gasteiger partial charge in [0.25, 0.3) is 5.56 Å². The molecule has 1 aromatic rings. The SMILES string of the molecule is CN(C)CCc1cc(C(=O)O)c(=O)[nH]n1. The number of nitrogens with one attached hydrogen (secondary N) is 1. The fourth-order valence-electron chi connectivity index (χ4n) is 1.07. The number of carboxylic acid groups (broad SMARTS) is 1. The lowest BCUT2D eigenvalue weighted by molar-refractivity contribution is 0.0694. The van der Waals surface area contributed by atoms with Crippen LogP contribution >= 0.6 is 0 Å². The second-order valence-corrected chi connectivity index (χ2v) is 3.46. The van der Waals surface area contributed by atoms with E-state index < -0.39 is 11.5 Å². The smallest absolute Gasteiger partial charge is 0.341 e. The first-order valence-electron chi connectivity index (χ1n) is 4.47. The summed E-state index contributed by atoms with van der Waals surface area (Å²) in [4.78, 5) is 23.6. The topological polar surface area (TPSA) is 86.3 Å². The number of aromatic carboxylic acids is 1. The van der Waals surface area contributed by atoms with E-state index in [0.29, 0.717) is 12.1 Å². The molecule has 0 aliphatic heterocycles. The van der Waals surface area contributed by atoms with Crippen LogP contribution in [0.5, 0.6) is 0 Å². The van der Waals surface area contributed by atoms with Crippen LogP contribution in [0.15, 0.2) is 10.9 Å². The second-order valence-electron chi connectivity index (χ2n) is 3.46. The Kier molecular flexibility index (Phi) is 3.56. The molecule has 1 heterocycles. The predicted molar refractivity (Wildman–Crippen MR) is 54.1 cm³/mol. The number of carboxylic acids is 1. The van der Waals surface area contributed by atoms with Gasteiger partial charge in [0.1, 0.15) is 5.56 Å². The van der Waals surface area contributed by atoms with E-state index in [1.165, 1.54) is 6.07 Å². The Morgan fingerprint density at radius 1 is 1.60 bits per heavy atom. The summed E-state index contributed by atoms with van der Waals surface area (Å²) in [6.45, 7) is 0.748. The van der Waals surface area contributed by atoms with Crippen molar-refractivity contribution in [3.8, 4) is 0 Å². The number of rotatable bonds is 4. The van der Waals surface area contributed by atoms with Crippen LogP contribution < -0.4 is 5.56 Å². The van der Waals surface area contributed by atoms with E-state index in [0.717, 1.165) is 6.54 Å². The summed E-state index contributed by atoms with van der Waals surface area (Å²) in [7, 11) is 3.81. The lowest BCUT2D eigenvalue weighted by atomic mass is 10.2. The third kappa shape index (κ3) is 3.17. The molecular weight excluding hydrogens is 198 g/mol. The minimum atomic E-state index is -1.23. The van der Waals surface area contributed by atoms with Crippen molar-refractivity contribution in [3.05, 3.63) is 27.7 Å². The molecule has 0 atom stereocenters. The Hall–Kier alpha value is -1.69. The van der Waals surface area contributed by atoms with E-state index in [2.05, 4.69) is 10.2 Å². The molecule has 0 amide bonds. The van der Waals surface area contributed by atoms with Gasteiger partial charge in [-0.2, -0.15) is 5.10 Å². The Labute approximate surface area is 86.5 Å². The van der Waals surface area contributed by atoms with Crippen molar-refractivity contribution in [3.63, 3.8) is 0 Å². The maximum Gasteiger partial charge on any atom is 0.341 e.